The maximum Gasteiger partial charge on any atom is 0.414 e. The number of nitrogens with one attached hydrogen (secondary N) is 1. The Morgan fingerprint density at radius 1 is 1.38 bits per heavy atom. The molecule has 3 rings (SSSR count). The fraction of sp³-hybridized carbons (Fsp3) is 0.545. The fourth-order valence-corrected chi connectivity index (χ4v) is 4.07. The monoisotopic (exact) mass is 446 g/mol. The smallest absolute Gasteiger partial charge is 0.414 e. The summed E-state index contributed by atoms with van der Waals surface area (Å²) in [5, 5.41) is 12.0. The van der Waals surface area contributed by atoms with Crippen LogP contribution < -0.4 is 15.1 Å². The van der Waals surface area contributed by atoms with E-state index >= 15 is 0 Å². The summed E-state index contributed by atoms with van der Waals surface area (Å²) in [6.07, 6.45) is 0.0544. The maximum atomic E-state index is 14.9. The summed E-state index contributed by atoms with van der Waals surface area (Å²) in [5.41, 5.74) is 0.780. The zero-order valence-corrected chi connectivity index (χ0v) is 18.2. The highest BCUT2D eigenvalue weighted by Crippen LogP contribution is 2.32. The molecule has 0 aliphatic carbocycles. The van der Waals surface area contributed by atoms with Gasteiger partial charge in [0, 0.05) is 20.0 Å². The Labute approximate surface area is 186 Å². The first kappa shape index (κ1) is 23.3. The quantitative estimate of drug-likeness (QED) is 0.639. The standard InChI is InChI=1S/C22H27FN4O5/c1-3-31-21(29)18(11-24)15-6-8-26(9-7-15)20-5-4-16(10-19(20)23)27-13-17(32-22(27)30)12-25-14(2)28/h4-5,10,15,17-18H,3,6-9,12-13H2,1-2H3,(H,25,28)/t17-,18?/m0/s1. The number of hydrogen-bond donors (Lipinski definition) is 1. The van der Waals surface area contributed by atoms with E-state index in [2.05, 4.69) is 5.32 Å². The van der Waals surface area contributed by atoms with Gasteiger partial charge in [-0.15, -0.1) is 0 Å². The predicted molar refractivity (Wildman–Crippen MR) is 113 cm³/mol. The largest absolute Gasteiger partial charge is 0.465 e. The highest BCUT2D eigenvalue weighted by atomic mass is 19.1. The molecule has 32 heavy (non-hydrogen) atoms. The van der Waals surface area contributed by atoms with E-state index in [1.807, 2.05) is 11.0 Å². The Morgan fingerprint density at radius 2 is 2.09 bits per heavy atom. The number of amides is 2. The van der Waals surface area contributed by atoms with Crippen LogP contribution in [0.2, 0.25) is 0 Å². The lowest BCUT2D eigenvalue weighted by atomic mass is 9.85. The number of esters is 1. The number of carbonyl (C=O) groups excluding carboxylic acids is 3. The van der Waals surface area contributed by atoms with Crippen molar-refractivity contribution in [3.05, 3.63) is 24.0 Å². The van der Waals surface area contributed by atoms with E-state index in [0.717, 1.165) is 0 Å². The molecule has 2 heterocycles. The fourth-order valence-electron chi connectivity index (χ4n) is 4.07. The number of nitrogens with zero attached hydrogens (tertiary/aromatic N) is 3. The molecule has 2 aliphatic heterocycles. The summed E-state index contributed by atoms with van der Waals surface area (Å²) in [6.45, 7) is 4.72. The molecule has 2 saturated heterocycles. The van der Waals surface area contributed by atoms with Crippen molar-refractivity contribution in [2.24, 2.45) is 11.8 Å². The van der Waals surface area contributed by atoms with Gasteiger partial charge in [0.2, 0.25) is 5.91 Å². The molecule has 172 valence electrons. The van der Waals surface area contributed by atoms with Crippen LogP contribution in [0.5, 0.6) is 0 Å². The first-order chi connectivity index (χ1) is 15.3. The van der Waals surface area contributed by atoms with Crippen molar-refractivity contribution in [3.63, 3.8) is 0 Å². The molecule has 1 N–H and O–H groups in total. The van der Waals surface area contributed by atoms with Crippen LogP contribution in [0.1, 0.15) is 26.7 Å². The Morgan fingerprint density at radius 3 is 2.69 bits per heavy atom. The van der Waals surface area contributed by atoms with Gasteiger partial charge >= 0.3 is 12.1 Å². The number of nitriles is 1. The molecule has 10 heteroatoms. The zero-order chi connectivity index (χ0) is 23.3. The van der Waals surface area contributed by atoms with Gasteiger partial charge in [-0.3, -0.25) is 14.5 Å². The van der Waals surface area contributed by atoms with Crippen LogP contribution in [0.3, 0.4) is 0 Å². The molecule has 0 radical (unpaired) electrons. The third-order valence-electron chi connectivity index (χ3n) is 5.73. The molecular weight excluding hydrogens is 419 g/mol. The van der Waals surface area contributed by atoms with Crippen LogP contribution in [-0.2, 0) is 19.1 Å². The Hall–Kier alpha value is -3.35. The lowest BCUT2D eigenvalue weighted by molar-refractivity contribution is -0.147. The van der Waals surface area contributed by atoms with Gasteiger partial charge in [0.1, 0.15) is 17.8 Å². The normalized spacial score (nSPS) is 19.8. The van der Waals surface area contributed by atoms with Crippen molar-refractivity contribution < 1.29 is 28.2 Å². The third kappa shape index (κ3) is 5.28. The molecule has 1 unspecified atom stereocenters. The molecule has 0 spiro atoms. The maximum absolute atomic E-state index is 14.9. The SMILES string of the molecule is CCOC(=O)C(C#N)C1CCN(c2ccc(N3C[C@H](CNC(C)=O)OC3=O)cc2F)CC1. The minimum Gasteiger partial charge on any atom is -0.465 e. The summed E-state index contributed by atoms with van der Waals surface area (Å²) in [7, 11) is 0. The molecule has 0 aromatic heterocycles. The van der Waals surface area contributed by atoms with Crippen LogP contribution in [0.15, 0.2) is 18.2 Å². The molecule has 9 nitrogen and oxygen atoms in total. The van der Waals surface area contributed by atoms with Crippen molar-refractivity contribution in [1.29, 1.82) is 5.26 Å². The molecule has 1 aromatic rings. The van der Waals surface area contributed by atoms with Crippen molar-refractivity contribution >= 4 is 29.3 Å². The van der Waals surface area contributed by atoms with Gasteiger partial charge in [-0.05, 0) is 43.9 Å². The van der Waals surface area contributed by atoms with Gasteiger partial charge < -0.3 is 19.7 Å². The Balaban J connectivity index is 1.62. The van der Waals surface area contributed by atoms with Gasteiger partial charge in [-0.1, -0.05) is 0 Å². The predicted octanol–water partition coefficient (Wildman–Crippen LogP) is 2.21. The van der Waals surface area contributed by atoms with E-state index in [-0.39, 0.29) is 31.5 Å². The highest BCUT2D eigenvalue weighted by molar-refractivity contribution is 5.90. The number of halogens is 1. The summed E-state index contributed by atoms with van der Waals surface area (Å²) in [6, 6.07) is 6.61. The van der Waals surface area contributed by atoms with Gasteiger partial charge in [-0.2, -0.15) is 5.26 Å². The molecule has 2 amide bonds. The van der Waals surface area contributed by atoms with E-state index in [4.69, 9.17) is 9.47 Å². The third-order valence-corrected chi connectivity index (χ3v) is 5.73. The number of benzene rings is 1. The molecule has 0 bridgehead atoms. The Kier molecular flexibility index (Phi) is 7.51. The van der Waals surface area contributed by atoms with Crippen LogP contribution in [0.4, 0.5) is 20.6 Å². The van der Waals surface area contributed by atoms with E-state index in [9.17, 15) is 24.0 Å². The van der Waals surface area contributed by atoms with E-state index in [1.54, 1.807) is 19.1 Å². The zero-order valence-electron chi connectivity index (χ0n) is 18.2. The lowest BCUT2D eigenvalue weighted by Gasteiger charge is -2.35. The van der Waals surface area contributed by atoms with Gasteiger partial charge in [0.25, 0.3) is 0 Å². The van der Waals surface area contributed by atoms with Crippen LogP contribution >= 0.6 is 0 Å². The van der Waals surface area contributed by atoms with Crippen molar-refractivity contribution in [1.82, 2.24) is 5.32 Å². The second-order valence-corrected chi connectivity index (χ2v) is 7.87. The molecule has 2 fully saturated rings. The number of ether oxygens (including phenoxy) is 2. The summed E-state index contributed by atoms with van der Waals surface area (Å²) < 4.78 is 25.1. The molecule has 0 saturated carbocycles. The van der Waals surface area contributed by atoms with Crippen molar-refractivity contribution in [3.8, 4) is 6.07 Å². The van der Waals surface area contributed by atoms with E-state index in [0.29, 0.717) is 37.3 Å². The second kappa shape index (κ2) is 10.3. The summed E-state index contributed by atoms with van der Waals surface area (Å²) >= 11 is 0. The minimum absolute atomic E-state index is 0.127. The first-order valence-electron chi connectivity index (χ1n) is 10.7. The summed E-state index contributed by atoms with van der Waals surface area (Å²) in [5.74, 6) is -2.13. The van der Waals surface area contributed by atoms with Gasteiger partial charge in [-0.25, -0.2) is 9.18 Å². The molecular formula is C22H27FN4O5. The van der Waals surface area contributed by atoms with Gasteiger partial charge in [0.05, 0.1) is 37.1 Å². The molecule has 1 aromatic carbocycles. The van der Waals surface area contributed by atoms with Gasteiger partial charge in [0.15, 0.2) is 0 Å². The van der Waals surface area contributed by atoms with Crippen molar-refractivity contribution in [2.75, 3.05) is 42.6 Å². The average Bonchev–Trinajstić information content (AvgIpc) is 3.14. The summed E-state index contributed by atoms with van der Waals surface area (Å²) in [4.78, 5) is 38.4. The van der Waals surface area contributed by atoms with Crippen molar-refractivity contribution in [2.45, 2.75) is 32.8 Å². The number of carbonyl (C=O) groups is 3. The Bertz CT molecular complexity index is 910. The number of piperidine rings is 1. The van der Waals surface area contributed by atoms with Crippen LogP contribution in [0.25, 0.3) is 0 Å². The molecule has 2 aliphatic rings. The van der Waals surface area contributed by atoms with Crippen LogP contribution in [-0.4, -0.2) is 56.9 Å². The van der Waals surface area contributed by atoms with E-state index in [1.165, 1.54) is 17.9 Å². The number of hydrogen-bond acceptors (Lipinski definition) is 7. The topological polar surface area (TPSA) is 112 Å². The van der Waals surface area contributed by atoms with E-state index < -0.39 is 29.9 Å². The van der Waals surface area contributed by atoms with Crippen LogP contribution in [0, 0.1) is 29.0 Å². The number of rotatable bonds is 7. The second-order valence-electron chi connectivity index (χ2n) is 7.87. The number of anilines is 2. The average molecular weight is 446 g/mol. The highest BCUT2D eigenvalue weighted by Gasteiger charge is 2.35. The molecule has 2 atom stereocenters. The minimum atomic E-state index is -0.809. The number of cyclic esters (lactones) is 1. The first-order valence-corrected chi connectivity index (χ1v) is 10.7. The lowest BCUT2D eigenvalue weighted by Crippen LogP contribution is -2.38.